The molecule has 0 radical (unpaired) electrons. The van der Waals surface area contributed by atoms with Crippen LogP contribution in [0.5, 0.6) is 0 Å². The van der Waals surface area contributed by atoms with Gasteiger partial charge in [-0.15, -0.1) is 0 Å². The number of aliphatic hydroxyl groups is 1. The zero-order valence-electron chi connectivity index (χ0n) is 6.69. The first-order valence-electron chi connectivity index (χ1n) is 3.52. The summed E-state index contributed by atoms with van der Waals surface area (Å²) >= 11 is 0. The van der Waals surface area contributed by atoms with Gasteiger partial charge in [-0.3, -0.25) is 0 Å². The van der Waals surface area contributed by atoms with E-state index in [4.69, 9.17) is 5.11 Å². The molecule has 1 aromatic carbocycles. The minimum Gasteiger partial charge on any atom is -0.392 e. The van der Waals surface area contributed by atoms with Crippen molar-refractivity contribution in [2.75, 3.05) is 0 Å². The Labute approximate surface area is 65.5 Å². The van der Waals surface area contributed by atoms with Crippen molar-refractivity contribution in [3.05, 3.63) is 34.6 Å². The summed E-state index contributed by atoms with van der Waals surface area (Å²) in [5.41, 5.74) is 2.26. The van der Waals surface area contributed by atoms with Gasteiger partial charge in [-0.2, -0.15) is 0 Å². The van der Waals surface area contributed by atoms with Crippen molar-refractivity contribution in [3.8, 4) is 0 Å². The van der Waals surface area contributed by atoms with Crippen LogP contribution in [0.15, 0.2) is 12.1 Å². The molecule has 0 aromatic heterocycles. The van der Waals surface area contributed by atoms with Crippen molar-refractivity contribution in [3.63, 3.8) is 0 Å². The van der Waals surface area contributed by atoms with E-state index in [1.165, 1.54) is 6.07 Å². The molecule has 0 aliphatic rings. The molecule has 0 unspecified atom stereocenters. The van der Waals surface area contributed by atoms with Crippen molar-refractivity contribution in [2.24, 2.45) is 0 Å². The van der Waals surface area contributed by atoms with E-state index in [0.29, 0.717) is 5.56 Å². The summed E-state index contributed by atoms with van der Waals surface area (Å²) in [7, 11) is 0. The Morgan fingerprint density at radius 2 is 1.91 bits per heavy atom. The molecule has 0 saturated heterocycles. The van der Waals surface area contributed by atoms with E-state index in [2.05, 4.69) is 0 Å². The molecule has 0 heterocycles. The van der Waals surface area contributed by atoms with E-state index >= 15 is 0 Å². The first-order valence-corrected chi connectivity index (χ1v) is 3.52. The van der Waals surface area contributed by atoms with E-state index in [1.54, 1.807) is 13.0 Å². The molecule has 60 valence electrons. The lowest BCUT2D eigenvalue weighted by atomic mass is 10.0. The van der Waals surface area contributed by atoms with Crippen LogP contribution in [0, 0.1) is 19.7 Å². The molecule has 0 aliphatic carbocycles. The molecule has 0 bridgehead atoms. The number of aliphatic hydroxyl groups excluding tert-OH is 1. The maximum Gasteiger partial charge on any atom is 0.126 e. The molecule has 0 spiro atoms. The summed E-state index contributed by atoms with van der Waals surface area (Å²) in [6, 6.07) is 2.99. The minimum absolute atomic E-state index is 0.0209. The Bertz CT molecular complexity index is 269. The molecule has 0 saturated carbocycles. The Morgan fingerprint density at radius 3 is 2.45 bits per heavy atom. The van der Waals surface area contributed by atoms with Crippen LogP contribution in [-0.2, 0) is 6.61 Å². The number of benzene rings is 1. The molecular formula is C9H11FO. The highest BCUT2D eigenvalue weighted by Crippen LogP contribution is 2.15. The van der Waals surface area contributed by atoms with Crippen LogP contribution in [0.1, 0.15) is 16.7 Å². The highest BCUT2D eigenvalue weighted by molar-refractivity contribution is 5.33. The smallest absolute Gasteiger partial charge is 0.126 e. The molecule has 0 fully saturated rings. The van der Waals surface area contributed by atoms with Gasteiger partial charge in [0, 0.05) is 0 Å². The predicted molar refractivity (Wildman–Crippen MR) is 41.8 cm³/mol. The largest absolute Gasteiger partial charge is 0.392 e. The highest BCUT2D eigenvalue weighted by Gasteiger charge is 2.03. The highest BCUT2D eigenvalue weighted by atomic mass is 19.1. The van der Waals surface area contributed by atoms with Crippen molar-refractivity contribution in [1.82, 2.24) is 0 Å². The van der Waals surface area contributed by atoms with Gasteiger partial charge in [-0.05, 0) is 36.6 Å². The lowest BCUT2D eigenvalue weighted by Gasteiger charge is -2.05. The third kappa shape index (κ3) is 1.40. The summed E-state index contributed by atoms with van der Waals surface area (Å²) in [6.07, 6.45) is 0. The fraction of sp³-hybridized carbons (Fsp3) is 0.333. The Balaban J connectivity index is 3.25. The van der Waals surface area contributed by atoms with Crippen LogP contribution >= 0.6 is 0 Å². The van der Waals surface area contributed by atoms with Gasteiger partial charge >= 0.3 is 0 Å². The lowest BCUT2D eigenvalue weighted by Crippen LogP contribution is -1.94. The molecule has 0 atom stereocenters. The van der Waals surface area contributed by atoms with Gasteiger partial charge in [0.05, 0.1) is 6.61 Å². The Kier molecular flexibility index (Phi) is 2.25. The second-order valence-corrected chi connectivity index (χ2v) is 2.61. The Morgan fingerprint density at radius 1 is 1.27 bits per heavy atom. The molecular weight excluding hydrogens is 143 g/mol. The summed E-state index contributed by atoms with van der Waals surface area (Å²) in [4.78, 5) is 0. The zero-order chi connectivity index (χ0) is 8.43. The van der Waals surface area contributed by atoms with Gasteiger partial charge in [-0.25, -0.2) is 4.39 Å². The fourth-order valence-electron chi connectivity index (χ4n) is 1.02. The van der Waals surface area contributed by atoms with Crippen LogP contribution in [-0.4, -0.2) is 5.11 Å². The summed E-state index contributed by atoms with van der Waals surface area (Å²) in [6.45, 7) is 3.50. The summed E-state index contributed by atoms with van der Waals surface area (Å²) in [5, 5.41) is 8.81. The lowest BCUT2D eigenvalue weighted by molar-refractivity contribution is 0.280. The van der Waals surface area contributed by atoms with Gasteiger partial charge in [0.1, 0.15) is 5.82 Å². The number of rotatable bonds is 1. The van der Waals surface area contributed by atoms with Crippen LogP contribution in [0.2, 0.25) is 0 Å². The average molecular weight is 154 g/mol. The van der Waals surface area contributed by atoms with Gasteiger partial charge < -0.3 is 5.11 Å². The van der Waals surface area contributed by atoms with Crippen molar-refractivity contribution < 1.29 is 9.50 Å². The number of hydrogen-bond donors (Lipinski definition) is 1. The van der Waals surface area contributed by atoms with Crippen molar-refractivity contribution in [1.29, 1.82) is 0 Å². The van der Waals surface area contributed by atoms with Crippen LogP contribution in [0.3, 0.4) is 0 Å². The van der Waals surface area contributed by atoms with Gasteiger partial charge in [0.15, 0.2) is 0 Å². The van der Waals surface area contributed by atoms with Crippen LogP contribution < -0.4 is 0 Å². The van der Waals surface area contributed by atoms with Crippen molar-refractivity contribution in [2.45, 2.75) is 20.5 Å². The molecule has 11 heavy (non-hydrogen) atoms. The first kappa shape index (κ1) is 8.21. The Hall–Kier alpha value is -0.890. The first-order chi connectivity index (χ1) is 5.16. The number of hydrogen-bond acceptors (Lipinski definition) is 1. The third-order valence-corrected chi connectivity index (χ3v) is 2.00. The monoisotopic (exact) mass is 154 g/mol. The SMILES string of the molecule is Cc1c(F)ccc(CO)c1C. The normalized spacial score (nSPS) is 10.2. The fourth-order valence-corrected chi connectivity index (χ4v) is 1.02. The standard InChI is InChI=1S/C9H11FO/c1-6-7(2)9(10)4-3-8(6)5-11/h3-4,11H,5H2,1-2H3. The minimum atomic E-state index is -0.209. The van der Waals surface area contributed by atoms with Gasteiger partial charge in [0.2, 0.25) is 0 Å². The van der Waals surface area contributed by atoms with E-state index in [9.17, 15) is 4.39 Å². The van der Waals surface area contributed by atoms with E-state index < -0.39 is 0 Å². The second-order valence-electron chi connectivity index (χ2n) is 2.61. The summed E-state index contributed by atoms with van der Waals surface area (Å²) < 4.78 is 12.8. The average Bonchev–Trinajstić information content (AvgIpc) is 2.01. The molecule has 1 rings (SSSR count). The second kappa shape index (κ2) is 3.01. The van der Waals surface area contributed by atoms with E-state index in [1.807, 2.05) is 6.92 Å². The third-order valence-electron chi connectivity index (χ3n) is 2.00. The summed E-state index contributed by atoms with van der Waals surface area (Å²) in [5.74, 6) is -0.209. The van der Waals surface area contributed by atoms with Crippen LogP contribution in [0.25, 0.3) is 0 Å². The molecule has 0 aliphatic heterocycles. The predicted octanol–water partition coefficient (Wildman–Crippen LogP) is 1.93. The topological polar surface area (TPSA) is 20.2 Å². The van der Waals surface area contributed by atoms with E-state index in [0.717, 1.165) is 11.1 Å². The van der Waals surface area contributed by atoms with E-state index in [-0.39, 0.29) is 12.4 Å². The van der Waals surface area contributed by atoms with Crippen LogP contribution in [0.4, 0.5) is 4.39 Å². The van der Waals surface area contributed by atoms with Crippen molar-refractivity contribution >= 4 is 0 Å². The molecule has 2 heteroatoms. The molecule has 1 aromatic rings. The molecule has 0 amide bonds. The maximum atomic E-state index is 12.8. The molecule has 1 nitrogen and oxygen atoms in total. The maximum absolute atomic E-state index is 12.8. The number of halogens is 1. The zero-order valence-corrected chi connectivity index (χ0v) is 6.69. The molecule has 1 N–H and O–H groups in total. The quantitative estimate of drug-likeness (QED) is 0.655. The van der Waals surface area contributed by atoms with Gasteiger partial charge in [-0.1, -0.05) is 6.07 Å². The van der Waals surface area contributed by atoms with Gasteiger partial charge in [0.25, 0.3) is 0 Å².